The third-order valence-electron chi connectivity index (χ3n) is 6.19. The van der Waals surface area contributed by atoms with E-state index in [1.807, 2.05) is 18.3 Å². The lowest BCUT2D eigenvalue weighted by molar-refractivity contribution is -0.132. The SMILES string of the molecule is CN(c1cccc2ncccc12)C1CCN(CC(=O)N2CCC[C@H]2C#N)CC1. The molecule has 2 saturated heterocycles. The molecule has 0 N–H and O–H groups in total. The number of fused-ring (bicyclic) bond motifs is 1. The minimum absolute atomic E-state index is 0.107. The average molecular weight is 377 g/mol. The lowest BCUT2D eigenvalue weighted by Crippen LogP contribution is -2.48. The molecule has 28 heavy (non-hydrogen) atoms. The zero-order valence-electron chi connectivity index (χ0n) is 16.4. The molecule has 2 fully saturated rings. The zero-order chi connectivity index (χ0) is 19.5. The number of rotatable bonds is 4. The Morgan fingerprint density at radius 2 is 2.04 bits per heavy atom. The van der Waals surface area contributed by atoms with Gasteiger partial charge in [-0.15, -0.1) is 0 Å². The first kappa shape index (κ1) is 18.7. The van der Waals surface area contributed by atoms with Crippen LogP contribution in [0.3, 0.4) is 0 Å². The van der Waals surface area contributed by atoms with E-state index in [1.165, 1.54) is 11.1 Å². The number of amides is 1. The average Bonchev–Trinajstić information content (AvgIpc) is 3.22. The number of nitriles is 1. The predicted octanol–water partition coefficient (Wildman–Crippen LogP) is 2.65. The van der Waals surface area contributed by atoms with Crippen LogP contribution in [0.25, 0.3) is 10.9 Å². The summed E-state index contributed by atoms with van der Waals surface area (Å²) in [4.78, 5) is 23.4. The first-order valence-electron chi connectivity index (χ1n) is 10.2. The van der Waals surface area contributed by atoms with Crippen LogP contribution in [0.2, 0.25) is 0 Å². The number of benzene rings is 1. The minimum Gasteiger partial charge on any atom is -0.371 e. The summed E-state index contributed by atoms with van der Waals surface area (Å²) in [7, 11) is 2.16. The summed E-state index contributed by atoms with van der Waals surface area (Å²) in [6.45, 7) is 2.99. The van der Waals surface area contributed by atoms with E-state index in [0.29, 0.717) is 12.6 Å². The quantitative estimate of drug-likeness (QED) is 0.820. The van der Waals surface area contributed by atoms with Crippen LogP contribution in [0, 0.1) is 11.3 Å². The molecular formula is C22H27N5O. The van der Waals surface area contributed by atoms with Gasteiger partial charge in [-0.3, -0.25) is 14.7 Å². The lowest BCUT2D eigenvalue weighted by Gasteiger charge is -2.38. The van der Waals surface area contributed by atoms with Crippen LogP contribution in [0.4, 0.5) is 5.69 Å². The number of aromatic nitrogens is 1. The van der Waals surface area contributed by atoms with Crippen molar-refractivity contribution < 1.29 is 4.79 Å². The van der Waals surface area contributed by atoms with E-state index in [4.69, 9.17) is 0 Å². The van der Waals surface area contributed by atoms with Gasteiger partial charge in [-0.1, -0.05) is 6.07 Å². The molecule has 3 heterocycles. The van der Waals surface area contributed by atoms with Crippen LogP contribution in [0.15, 0.2) is 36.5 Å². The zero-order valence-corrected chi connectivity index (χ0v) is 16.4. The smallest absolute Gasteiger partial charge is 0.237 e. The second-order valence-corrected chi connectivity index (χ2v) is 7.84. The Morgan fingerprint density at radius 3 is 2.82 bits per heavy atom. The van der Waals surface area contributed by atoms with E-state index in [9.17, 15) is 10.1 Å². The number of carbonyl (C=O) groups is 1. The number of hydrogen-bond donors (Lipinski definition) is 0. The van der Waals surface area contributed by atoms with Gasteiger partial charge in [0.25, 0.3) is 0 Å². The summed E-state index contributed by atoms with van der Waals surface area (Å²) < 4.78 is 0. The number of piperidine rings is 1. The highest BCUT2D eigenvalue weighted by molar-refractivity contribution is 5.91. The molecule has 2 aromatic rings. The third kappa shape index (κ3) is 3.67. The number of nitrogens with zero attached hydrogens (tertiary/aromatic N) is 5. The van der Waals surface area contributed by atoms with E-state index >= 15 is 0 Å². The number of likely N-dealkylation sites (tertiary alicyclic amines) is 2. The molecule has 2 aliphatic heterocycles. The molecule has 2 aliphatic rings. The van der Waals surface area contributed by atoms with Crippen molar-refractivity contribution in [2.45, 2.75) is 37.8 Å². The molecule has 4 rings (SSSR count). The van der Waals surface area contributed by atoms with Crippen molar-refractivity contribution in [1.82, 2.24) is 14.8 Å². The van der Waals surface area contributed by atoms with Gasteiger partial charge in [-0.25, -0.2) is 0 Å². The van der Waals surface area contributed by atoms with Gasteiger partial charge in [0.1, 0.15) is 6.04 Å². The van der Waals surface area contributed by atoms with E-state index in [2.05, 4.69) is 46.1 Å². The van der Waals surface area contributed by atoms with Crippen molar-refractivity contribution in [1.29, 1.82) is 5.26 Å². The fourth-order valence-corrected chi connectivity index (χ4v) is 4.54. The monoisotopic (exact) mass is 377 g/mol. The van der Waals surface area contributed by atoms with Gasteiger partial charge in [-0.05, 0) is 49.9 Å². The summed E-state index contributed by atoms with van der Waals surface area (Å²) >= 11 is 0. The molecule has 0 spiro atoms. The van der Waals surface area contributed by atoms with Gasteiger partial charge in [0.2, 0.25) is 5.91 Å². The van der Waals surface area contributed by atoms with Gasteiger partial charge in [0.05, 0.1) is 18.1 Å². The van der Waals surface area contributed by atoms with Crippen LogP contribution in [-0.4, -0.2) is 66.0 Å². The summed E-state index contributed by atoms with van der Waals surface area (Å²) in [6.07, 6.45) is 5.65. The van der Waals surface area contributed by atoms with Gasteiger partial charge in [0, 0.05) is 50.0 Å². The van der Waals surface area contributed by atoms with Crippen molar-refractivity contribution in [2.24, 2.45) is 0 Å². The van der Waals surface area contributed by atoms with Gasteiger partial charge in [-0.2, -0.15) is 5.26 Å². The van der Waals surface area contributed by atoms with Crippen LogP contribution >= 0.6 is 0 Å². The fraction of sp³-hybridized carbons (Fsp3) is 0.500. The van der Waals surface area contributed by atoms with Crippen LogP contribution < -0.4 is 4.90 Å². The summed E-state index contributed by atoms with van der Waals surface area (Å²) in [5.41, 5.74) is 2.24. The molecule has 1 amide bonds. The Balaban J connectivity index is 1.36. The Hall–Kier alpha value is -2.65. The number of anilines is 1. The molecule has 1 aromatic heterocycles. The minimum atomic E-state index is -0.226. The van der Waals surface area contributed by atoms with E-state index in [1.54, 1.807) is 4.90 Å². The Labute approximate surface area is 166 Å². The standard InChI is InChI=1S/C22H27N5O/c1-25(21-8-2-7-20-19(21)6-3-11-24-20)17-9-13-26(14-10-17)16-22(28)27-12-4-5-18(27)15-23/h2-3,6-8,11,17-18H,4-5,9-10,12-14,16H2,1H3/t18-/m0/s1. The first-order chi connectivity index (χ1) is 13.7. The van der Waals surface area contributed by atoms with Crippen LogP contribution in [0.5, 0.6) is 0 Å². The van der Waals surface area contributed by atoms with Crippen LogP contribution in [0.1, 0.15) is 25.7 Å². The van der Waals surface area contributed by atoms with Crippen molar-refractivity contribution in [2.75, 3.05) is 38.1 Å². The molecule has 1 aromatic carbocycles. The van der Waals surface area contributed by atoms with Crippen molar-refractivity contribution >= 4 is 22.5 Å². The number of pyridine rings is 1. The van der Waals surface area contributed by atoms with Crippen LogP contribution in [-0.2, 0) is 4.79 Å². The second-order valence-electron chi connectivity index (χ2n) is 7.84. The van der Waals surface area contributed by atoms with Crippen molar-refractivity contribution in [3.05, 3.63) is 36.5 Å². The van der Waals surface area contributed by atoms with Crippen molar-refractivity contribution in [3.63, 3.8) is 0 Å². The Morgan fingerprint density at radius 1 is 1.21 bits per heavy atom. The van der Waals surface area contributed by atoms with Gasteiger partial charge < -0.3 is 9.80 Å². The molecule has 146 valence electrons. The highest BCUT2D eigenvalue weighted by Gasteiger charge is 2.31. The maximum Gasteiger partial charge on any atom is 0.237 e. The molecular weight excluding hydrogens is 350 g/mol. The maximum absolute atomic E-state index is 12.6. The molecule has 6 nitrogen and oxygen atoms in total. The Kier molecular flexibility index (Phi) is 5.45. The molecule has 0 unspecified atom stereocenters. The number of hydrogen-bond acceptors (Lipinski definition) is 5. The second kappa shape index (κ2) is 8.15. The van der Waals surface area contributed by atoms with E-state index < -0.39 is 0 Å². The summed E-state index contributed by atoms with van der Waals surface area (Å²) in [5, 5.41) is 10.4. The number of carbonyl (C=O) groups excluding carboxylic acids is 1. The molecule has 0 aliphatic carbocycles. The molecule has 0 radical (unpaired) electrons. The summed E-state index contributed by atoms with van der Waals surface area (Å²) in [5.74, 6) is 0.107. The third-order valence-corrected chi connectivity index (χ3v) is 6.19. The lowest BCUT2D eigenvalue weighted by atomic mass is 10.0. The van der Waals surface area contributed by atoms with Gasteiger partial charge in [0.15, 0.2) is 0 Å². The largest absolute Gasteiger partial charge is 0.371 e. The molecule has 0 saturated carbocycles. The van der Waals surface area contributed by atoms with Crippen molar-refractivity contribution in [3.8, 4) is 6.07 Å². The fourth-order valence-electron chi connectivity index (χ4n) is 4.54. The van der Waals surface area contributed by atoms with E-state index in [-0.39, 0.29) is 11.9 Å². The summed E-state index contributed by atoms with van der Waals surface area (Å²) in [6, 6.07) is 12.9. The molecule has 6 heteroatoms. The Bertz CT molecular complexity index is 879. The topological polar surface area (TPSA) is 63.5 Å². The predicted molar refractivity (Wildman–Crippen MR) is 110 cm³/mol. The molecule has 1 atom stereocenters. The molecule has 0 bridgehead atoms. The van der Waals surface area contributed by atoms with E-state index in [0.717, 1.165) is 50.8 Å². The first-order valence-corrected chi connectivity index (χ1v) is 10.2. The maximum atomic E-state index is 12.6. The van der Waals surface area contributed by atoms with Gasteiger partial charge >= 0.3 is 0 Å². The highest BCUT2D eigenvalue weighted by Crippen LogP contribution is 2.29. The highest BCUT2D eigenvalue weighted by atomic mass is 16.2. The normalized spacial score (nSPS) is 21.0.